The number of sulfonamides is 1. The Hall–Kier alpha value is -0.580. The summed E-state index contributed by atoms with van der Waals surface area (Å²) in [5.41, 5.74) is 1.14. The Morgan fingerprint density at radius 2 is 1.88 bits per heavy atom. The Kier molecular flexibility index (Phi) is 3.48. The second-order valence-corrected chi connectivity index (χ2v) is 7.42. The van der Waals surface area contributed by atoms with Gasteiger partial charge in [-0.05, 0) is 38.0 Å². The zero-order valence-electron chi connectivity index (χ0n) is 9.85. The molecule has 17 heavy (non-hydrogen) atoms. The van der Waals surface area contributed by atoms with Crippen LogP contribution in [0, 0.1) is 0 Å². The maximum atomic E-state index is 11.7. The topological polar surface area (TPSA) is 46.2 Å². The van der Waals surface area contributed by atoms with E-state index in [9.17, 15) is 8.42 Å². The molecular formula is C12H16ClNO2S. The Balaban J connectivity index is 2.00. The van der Waals surface area contributed by atoms with Crippen LogP contribution in [-0.4, -0.2) is 19.7 Å². The second kappa shape index (κ2) is 4.59. The zero-order chi connectivity index (χ0) is 12.6. The fourth-order valence-electron chi connectivity index (χ4n) is 1.75. The van der Waals surface area contributed by atoms with E-state index in [-0.39, 0.29) is 11.3 Å². The van der Waals surface area contributed by atoms with Crippen LogP contribution in [0.15, 0.2) is 24.3 Å². The molecule has 0 radical (unpaired) electrons. The van der Waals surface area contributed by atoms with Gasteiger partial charge < -0.3 is 0 Å². The van der Waals surface area contributed by atoms with E-state index in [1.165, 1.54) is 0 Å². The zero-order valence-corrected chi connectivity index (χ0v) is 11.4. The molecule has 0 aliphatic heterocycles. The fraction of sp³-hybridized carbons (Fsp3) is 0.500. The van der Waals surface area contributed by atoms with Crippen molar-refractivity contribution in [2.75, 3.05) is 0 Å². The van der Waals surface area contributed by atoms with Gasteiger partial charge in [-0.25, -0.2) is 13.1 Å². The summed E-state index contributed by atoms with van der Waals surface area (Å²) in [6.45, 7) is 3.37. The molecule has 5 heteroatoms. The summed E-state index contributed by atoms with van der Waals surface area (Å²) in [6, 6.07) is 7.63. The second-order valence-electron chi connectivity index (χ2n) is 4.71. The molecule has 0 spiro atoms. The average molecular weight is 274 g/mol. The van der Waals surface area contributed by atoms with E-state index in [1.807, 2.05) is 24.3 Å². The lowest BCUT2D eigenvalue weighted by Gasteiger charge is -2.09. The molecule has 2 rings (SSSR count). The number of nitrogens with one attached hydrogen (secondary N) is 1. The van der Waals surface area contributed by atoms with Crippen molar-refractivity contribution in [3.05, 3.63) is 34.9 Å². The predicted molar refractivity (Wildman–Crippen MR) is 69.8 cm³/mol. The highest BCUT2D eigenvalue weighted by Gasteiger charge is 2.41. The molecule has 3 nitrogen and oxygen atoms in total. The van der Waals surface area contributed by atoms with Crippen molar-refractivity contribution in [1.29, 1.82) is 0 Å². The van der Waals surface area contributed by atoms with Gasteiger partial charge in [-0.1, -0.05) is 23.7 Å². The third-order valence-corrected chi connectivity index (χ3v) is 5.15. The lowest BCUT2D eigenvalue weighted by atomic mass is 10.1. The minimum atomic E-state index is -3.16. The van der Waals surface area contributed by atoms with Crippen LogP contribution in [0.1, 0.15) is 31.7 Å². The lowest BCUT2D eigenvalue weighted by Crippen LogP contribution is -2.33. The largest absolute Gasteiger partial charge is 0.214 e. The van der Waals surface area contributed by atoms with Crippen molar-refractivity contribution in [3.8, 4) is 0 Å². The molecule has 0 saturated heterocycles. The summed E-state index contributed by atoms with van der Waals surface area (Å²) in [4.78, 5) is 0. The smallest absolute Gasteiger partial charge is 0.212 e. The van der Waals surface area contributed by atoms with E-state index in [1.54, 1.807) is 13.8 Å². The summed E-state index contributed by atoms with van der Waals surface area (Å²) in [7, 11) is -3.16. The van der Waals surface area contributed by atoms with Gasteiger partial charge in [0, 0.05) is 17.0 Å². The van der Waals surface area contributed by atoms with E-state index in [0.717, 1.165) is 12.0 Å². The molecule has 1 aromatic carbocycles. The normalized spacial score (nSPS) is 24.0. The highest BCUT2D eigenvalue weighted by atomic mass is 35.5. The molecule has 1 N–H and O–H groups in total. The highest BCUT2D eigenvalue weighted by molar-refractivity contribution is 7.90. The van der Waals surface area contributed by atoms with Gasteiger partial charge in [-0.3, -0.25) is 0 Å². The SMILES string of the molecule is CC(C)S(=O)(=O)N[C@H]1C[C@@H]1c1ccc(Cl)cc1. The lowest BCUT2D eigenvalue weighted by molar-refractivity contribution is 0.571. The van der Waals surface area contributed by atoms with Gasteiger partial charge in [0.2, 0.25) is 10.0 Å². The third-order valence-electron chi connectivity index (χ3n) is 3.02. The van der Waals surface area contributed by atoms with Crippen LogP contribution in [0.25, 0.3) is 0 Å². The summed E-state index contributed by atoms with van der Waals surface area (Å²) in [6.07, 6.45) is 0.869. The van der Waals surface area contributed by atoms with Crippen molar-refractivity contribution < 1.29 is 8.42 Å². The third kappa shape index (κ3) is 3.00. The minimum Gasteiger partial charge on any atom is -0.212 e. The maximum Gasteiger partial charge on any atom is 0.214 e. The van der Waals surface area contributed by atoms with Crippen LogP contribution in [0.4, 0.5) is 0 Å². The quantitative estimate of drug-likeness (QED) is 0.916. The Morgan fingerprint density at radius 1 is 1.29 bits per heavy atom. The standard InChI is InChI=1S/C12H16ClNO2S/c1-8(2)17(15,16)14-12-7-11(12)9-3-5-10(13)6-4-9/h3-6,8,11-12,14H,7H2,1-2H3/t11-,12+/m1/s1. The number of halogens is 1. The van der Waals surface area contributed by atoms with Gasteiger partial charge in [-0.2, -0.15) is 0 Å². The van der Waals surface area contributed by atoms with Gasteiger partial charge >= 0.3 is 0 Å². The van der Waals surface area contributed by atoms with E-state index in [0.29, 0.717) is 10.9 Å². The maximum absolute atomic E-state index is 11.7. The van der Waals surface area contributed by atoms with E-state index < -0.39 is 10.0 Å². The molecule has 1 fully saturated rings. The monoisotopic (exact) mass is 273 g/mol. The first kappa shape index (κ1) is 12.9. The molecule has 0 amide bonds. The molecule has 0 bridgehead atoms. The molecule has 0 unspecified atom stereocenters. The average Bonchev–Trinajstić information content (AvgIpc) is 2.97. The molecule has 0 heterocycles. The molecule has 1 aliphatic rings. The minimum absolute atomic E-state index is 0.0450. The molecule has 94 valence electrons. The summed E-state index contributed by atoms with van der Waals surface area (Å²) in [5, 5.41) is 0.322. The molecule has 2 atom stereocenters. The number of hydrogen-bond donors (Lipinski definition) is 1. The van der Waals surface area contributed by atoms with Crippen molar-refractivity contribution >= 4 is 21.6 Å². The van der Waals surface area contributed by atoms with E-state index in [2.05, 4.69) is 4.72 Å². The summed E-state index contributed by atoms with van der Waals surface area (Å²) in [5.74, 6) is 0.292. The van der Waals surface area contributed by atoms with Crippen molar-refractivity contribution in [2.45, 2.75) is 37.5 Å². The summed E-state index contributed by atoms with van der Waals surface area (Å²) >= 11 is 5.81. The van der Waals surface area contributed by atoms with Crippen molar-refractivity contribution in [1.82, 2.24) is 4.72 Å². The van der Waals surface area contributed by atoms with E-state index >= 15 is 0 Å². The van der Waals surface area contributed by atoms with Crippen LogP contribution < -0.4 is 4.72 Å². The van der Waals surface area contributed by atoms with Crippen molar-refractivity contribution in [2.24, 2.45) is 0 Å². The molecule has 0 aromatic heterocycles. The van der Waals surface area contributed by atoms with Gasteiger partial charge in [-0.15, -0.1) is 0 Å². The van der Waals surface area contributed by atoms with E-state index in [4.69, 9.17) is 11.6 Å². The molecule has 1 aliphatic carbocycles. The van der Waals surface area contributed by atoms with Crippen LogP contribution in [0.3, 0.4) is 0 Å². The van der Waals surface area contributed by atoms with Gasteiger partial charge in [0.15, 0.2) is 0 Å². The van der Waals surface area contributed by atoms with Gasteiger partial charge in [0.05, 0.1) is 5.25 Å². The first-order valence-corrected chi connectivity index (χ1v) is 7.59. The Bertz CT molecular complexity index is 496. The van der Waals surface area contributed by atoms with Crippen LogP contribution in [0.5, 0.6) is 0 Å². The highest BCUT2D eigenvalue weighted by Crippen LogP contribution is 2.41. The van der Waals surface area contributed by atoms with Crippen LogP contribution in [-0.2, 0) is 10.0 Å². The van der Waals surface area contributed by atoms with Gasteiger partial charge in [0.25, 0.3) is 0 Å². The van der Waals surface area contributed by atoms with Gasteiger partial charge in [0.1, 0.15) is 0 Å². The first-order valence-electron chi connectivity index (χ1n) is 5.67. The van der Waals surface area contributed by atoms with Crippen LogP contribution >= 0.6 is 11.6 Å². The Labute approximate surface area is 107 Å². The Morgan fingerprint density at radius 3 is 2.41 bits per heavy atom. The van der Waals surface area contributed by atoms with Crippen molar-refractivity contribution in [3.63, 3.8) is 0 Å². The molecule has 1 aromatic rings. The number of benzene rings is 1. The predicted octanol–water partition coefficient (Wildman–Crippen LogP) is 2.52. The molecule has 1 saturated carbocycles. The fourth-order valence-corrected chi connectivity index (χ4v) is 2.83. The number of hydrogen-bond acceptors (Lipinski definition) is 2. The number of rotatable bonds is 4. The molecular weight excluding hydrogens is 258 g/mol. The summed E-state index contributed by atoms with van der Waals surface area (Å²) < 4.78 is 26.1. The first-order chi connectivity index (χ1) is 7.90. The van der Waals surface area contributed by atoms with Crippen LogP contribution in [0.2, 0.25) is 5.02 Å².